The Morgan fingerprint density at radius 1 is 0.952 bits per heavy atom. The lowest BCUT2D eigenvalue weighted by molar-refractivity contribution is -0.132. The predicted molar refractivity (Wildman–Crippen MR) is 75.4 cm³/mol. The second-order valence-corrected chi connectivity index (χ2v) is 5.98. The van der Waals surface area contributed by atoms with Crippen molar-refractivity contribution in [2.24, 2.45) is 5.41 Å². The summed E-state index contributed by atoms with van der Waals surface area (Å²) >= 11 is 0. The number of hydrogen-bond donors (Lipinski definition) is 0. The van der Waals surface area contributed by atoms with Crippen LogP contribution in [0.1, 0.15) is 58.9 Å². The monoisotopic (exact) mass is 284 g/mol. The van der Waals surface area contributed by atoms with E-state index in [1.165, 1.54) is 0 Å². The Hall–Kier alpha value is -2.10. The van der Waals surface area contributed by atoms with E-state index < -0.39 is 5.41 Å². The average molecular weight is 284 g/mol. The van der Waals surface area contributed by atoms with E-state index >= 15 is 0 Å². The van der Waals surface area contributed by atoms with Gasteiger partial charge in [0, 0.05) is 24.0 Å². The van der Waals surface area contributed by atoms with Crippen molar-refractivity contribution in [1.29, 1.82) is 0 Å². The van der Waals surface area contributed by atoms with Crippen molar-refractivity contribution in [3.05, 3.63) is 34.9 Å². The van der Waals surface area contributed by atoms with Crippen molar-refractivity contribution in [3.63, 3.8) is 0 Å². The Morgan fingerprint density at radius 2 is 1.57 bits per heavy atom. The molecule has 0 atom stereocenters. The molecule has 1 fully saturated rings. The number of Topliss-reactive ketones (excluding diaryl/α,β-unsaturated/α-hetero) is 4. The van der Waals surface area contributed by atoms with Crippen LogP contribution in [0, 0.1) is 5.41 Å². The highest BCUT2D eigenvalue weighted by molar-refractivity contribution is 6.33. The van der Waals surface area contributed by atoms with Gasteiger partial charge in [0.25, 0.3) is 0 Å². The van der Waals surface area contributed by atoms with Gasteiger partial charge < -0.3 is 0 Å². The fraction of sp³-hybridized carbons (Fsp3) is 0.412. The molecule has 1 spiro atoms. The number of ketones is 4. The van der Waals surface area contributed by atoms with Crippen LogP contribution < -0.4 is 0 Å². The first-order chi connectivity index (χ1) is 9.98. The van der Waals surface area contributed by atoms with Gasteiger partial charge in [0.1, 0.15) is 17.0 Å². The van der Waals surface area contributed by atoms with Crippen molar-refractivity contribution in [2.75, 3.05) is 0 Å². The maximum absolute atomic E-state index is 12.7. The molecule has 0 bridgehead atoms. The minimum Gasteiger partial charge on any atom is -0.299 e. The minimum absolute atomic E-state index is 0.131. The molecule has 0 N–H and O–H groups in total. The van der Waals surface area contributed by atoms with Crippen LogP contribution in [-0.2, 0) is 16.0 Å². The Bertz CT molecular complexity index is 668. The molecule has 0 unspecified atom stereocenters. The number of hydrogen-bond acceptors (Lipinski definition) is 4. The van der Waals surface area contributed by atoms with Gasteiger partial charge in [-0.2, -0.15) is 0 Å². The molecule has 0 radical (unpaired) electrons. The summed E-state index contributed by atoms with van der Waals surface area (Å²) in [5.74, 6) is -1.32. The maximum Gasteiger partial charge on any atom is 0.178 e. The Kier molecular flexibility index (Phi) is 3.12. The van der Waals surface area contributed by atoms with Crippen LogP contribution in [0.2, 0.25) is 0 Å². The third-order valence-electron chi connectivity index (χ3n) is 4.37. The SMILES string of the molecule is CCCc1ccc2c(c1)C(=O)C1(CC(=O)CC(=O)C1)C2=O. The normalized spacial score (nSPS) is 20.2. The van der Waals surface area contributed by atoms with Crippen LogP contribution in [-0.4, -0.2) is 23.1 Å². The summed E-state index contributed by atoms with van der Waals surface area (Å²) in [5.41, 5.74) is 0.304. The van der Waals surface area contributed by atoms with Crippen LogP contribution in [0.15, 0.2) is 18.2 Å². The quantitative estimate of drug-likeness (QED) is 0.782. The van der Waals surface area contributed by atoms with E-state index in [9.17, 15) is 19.2 Å². The lowest BCUT2D eigenvalue weighted by atomic mass is 9.69. The number of benzene rings is 1. The van der Waals surface area contributed by atoms with Gasteiger partial charge in [-0.1, -0.05) is 25.5 Å². The Balaban J connectivity index is 2.08. The van der Waals surface area contributed by atoms with Gasteiger partial charge in [-0.15, -0.1) is 0 Å². The molecular formula is C17H16O4. The second-order valence-electron chi connectivity index (χ2n) is 5.98. The van der Waals surface area contributed by atoms with Gasteiger partial charge >= 0.3 is 0 Å². The zero-order valence-electron chi connectivity index (χ0n) is 11.9. The van der Waals surface area contributed by atoms with Crippen molar-refractivity contribution < 1.29 is 19.2 Å². The molecule has 2 aliphatic carbocycles. The zero-order valence-corrected chi connectivity index (χ0v) is 11.9. The molecule has 1 saturated carbocycles. The van der Waals surface area contributed by atoms with E-state index in [2.05, 4.69) is 0 Å². The first kappa shape index (κ1) is 13.9. The standard InChI is InChI=1S/C17H16O4/c1-2-3-10-4-5-13-14(6-10)16(21)17(15(13)20)8-11(18)7-12(19)9-17/h4-6H,2-3,7-9H2,1H3. The first-order valence-corrected chi connectivity index (χ1v) is 7.24. The molecule has 3 rings (SSSR count). The lowest BCUT2D eigenvalue weighted by Gasteiger charge is -2.27. The number of aryl methyl sites for hydroxylation is 1. The van der Waals surface area contributed by atoms with Gasteiger partial charge in [-0.05, 0) is 18.1 Å². The van der Waals surface area contributed by atoms with E-state index in [-0.39, 0.29) is 42.4 Å². The van der Waals surface area contributed by atoms with Crippen LogP contribution in [0.5, 0.6) is 0 Å². The molecule has 0 amide bonds. The number of carbonyl (C=O) groups excluding carboxylic acids is 4. The highest BCUT2D eigenvalue weighted by atomic mass is 16.2. The van der Waals surface area contributed by atoms with E-state index in [1.807, 2.05) is 13.0 Å². The molecule has 0 heterocycles. The molecule has 0 aromatic heterocycles. The highest BCUT2D eigenvalue weighted by Gasteiger charge is 2.56. The Morgan fingerprint density at radius 3 is 2.19 bits per heavy atom. The number of rotatable bonds is 2. The average Bonchev–Trinajstić information content (AvgIpc) is 2.61. The molecule has 21 heavy (non-hydrogen) atoms. The van der Waals surface area contributed by atoms with Crippen molar-refractivity contribution in [3.8, 4) is 0 Å². The van der Waals surface area contributed by atoms with Crippen molar-refractivity contribution >= 4 is 23.1 Å². The number of carbonyl (C=O) groups is 4. The Labute approximate surface area is 122 Å². The molecule has 0 aliphatic heterocycles. The van der Waals surface area contributed by atoms with Crippen molar-refractivity contribution in [2.45, 2.75) is 39.0 Å². The lowest BCUT2D eigenvalue weighted by Crippen LogP contribution is -2.42. The minimum atomic E-state index is -1.44. The van der Waals surface area contributed by atoms with Crippen LogP contribution in [0.25, 0.3) is 0 Å². The van der Waals surface area contributed by atoms with E-state index in [0.29, 0.717) is 11.1 Å². The molecule has 1 aromatic carbocycles. The summed E-state index contributed by atoms with van der Waals surface area (Å²) in [6.07, 6.45) is 1.37. The highest BCUT2D eigenvalue weighted by Crippen LogP contribution is 2.45. The van der Waals surface area contributed by atoms with Gasteiger partial charge in [-0.25, -0.2) is 0 Å². The second kappa shape index (κ2) is 4.72. The van der Waals surface area contributed by atoms with Crippen molar-refractivity contribution in [1.82, 2.24) is 0 Å². The topological polar surface area (TPSA) is 68.3 Å². The molecule has 4 nitrogen and oxygen atoms in total. The summed E-state index contributed by atoms with van der Waals surface area (Å²) in [4.78, 5) is 48.8. The third-order valence-corrected chi connectivity index (χ3v) is 4.37. The largest absolute Gasteiger partial charge is 0.299 e. The number of fused-ring (bicyclic) bond motifs is 1. The summed E-state index contributed by atoms with van der Waals surface area (Å²) in [6, 6.07) is 5.26. The van der Waals surface area contributed by atoms with Crippen LogP contribution >= 0.6 is 0 Å². The van der Waals surface area contributed by atoms with Gasteiger partial charge in [-0.3, -0.25) is 19.2 Å². The smallest absolute Gasteiger partial charge is 0.178 e. The summed E-state index contributed by atoms with van der Waals surface area (Å²) in [6.45, 7) is 2.04. The predicted octanol–water partition coefficient (Wildman–Crippen LogP) is 2.33. The van der Waals surface area contributed by atoms with Crippen LogP contribution in [0.4, 0.5) is 0 Å². The molecule has 108 valence electrons. The van der Waals surface area contributed by atoms with E-state index in [4.69, 9.17) is 0 Å². The summed E-state index contributed by atoms with van der Waals surface area (Å²) < 4.78 is 0. The molecule has 2 aliphatic rings. The maximum atomic E-state index is 12.7. The fourth-order valence-electron chi connectivity index (χ4n) is 3.44. The molecule has 1 aromatic rings. The van der Waals surface area contributed by atoms with Crippen LogP contribution in [0.3, 0.4) is 0 Å². The molecule has 4 heteroatoms. The van der Waals surface area contributed by atoms with Gasteiger partial charge in [0.05, 0.1) is 6.42 Å². The van der Waals surface area contributed by atoms with Gasteiger partial charge in [0.15, 0.2) is 11.6 Å². The first-order valence-electron chi connectivity index (χ1n) is 7.24. The molecular weight excluding hydrogens is 268 g/mol. The van der Waals surface area contributed by atoms with Gasteiger partial charge in [0.2, 0.25) is 0 Å². The fourth-order valence-corrected chi connectivity index (χ4v) is 3.44. The summed E-state index contributed by atoms with van der Waals surface area (Å²) in [5, 5.41) is 0. The van der Waals surface area contributed by atoms with E-state index in [0.717, 1.165) is 18.4 Å². The third kappa shape index (κ3) is 1.97. The zero-order chi connectivity index (χ0) is 15.2. The van der Waals surface area contributed by atoms with E-state index in [1.54, 1.807) is 12.1 Å². The molecule has 0 saturated heterocycles. The summed E-state index contributed by atoms with van der Waals surface area (Å²) in [7, 11) is 0.